The molecule has 5 heteroatoms. The summed E-state index contributed by atoms with van der Waals surface area (Å²) in [5.74, 6) is -0.0187. The Hall–Kier alpha value is -0.710. The summed E-state index contributed by atoms with van der Waals surface area (Å²) in [5.41, 5.74) is 0. The van der Waals surface area contributed by atoms with Gasteiger partial charge in [-0.1, -0.05) is 6.92 Å². The van der Waals surface area contributed by atoms with Crippen molar-refractivity contribution in [1.82, 2.24) is 4.90 Å². The van der Waals surface area contributed by atoms with Crippen LogP contribution in [0.4, 0.5) is 0 Å². The number of carboxylic acids is 1. The van der Waals surface area contributed by atoms with Crippen LogP contribution in [0.3, 0.4) is 0 Å². The van der Waals surface area contributed by atoms with Gasteiger partial charge in [0.1, 0.15) is 0 Å². The van der Waals surface area contributed by atoms with E-state index in [1.54, 1.807) is 19.0 Å². The molecule has 0 aromatic heterocycles. The number of carboxylic acid groups (broad SMARTS) is 1. The van der Waals surface area contributed by atoms with Gasteiger partial charge in [0.05, 0.1) is 6.42 Å². The summed E-state index contributed by atoms with van der Waals surface area (Å²) >= 11 is 1.52. The molecule has 0 aromatic carbocycles. The highest BCUT2D eigenvalue weighted by Gasteiger charge is 2.09. The summed E-state index contributed by atoms with van der Waals surface area (Å²) < 4.78 is 0. The predicted octanol–water partition coefficient (Wildman–Crippen LogP) is 1.06. The van der Waals surface area contributed by atoms with Gasteiger partial charge in [-0.2, -0.15) is 11.8 Å². The van der Waals surface area contributed by atoms with Crippen molar-refractivity contribution >= 4 is 23.6 Å². The molecule has 1 atom stereocenters. The van der Waals surface area contributed by atoms with Crippen molar-refractivity contribution in [2.75, 3.05) is 19.8 Å². The maximum absolute atomic E-state index is 11.1. The average molecular weight is 219 g/mol. The van der Waals surface area contributed by atoms with Crippen molar-refractivity contribution in [3.63, 3.8) is 0 Å². The standard InChI is InChI=1S/C9H17NO3S/c1-7(6-9(12)13)14-5-4-8(11)10(2)3/h7H,4-6H2,1-3H3,(H,12,13). The van der Waals surface area contributed by atoms with Gasteiger partial charge >= 0.3 is 5.97 Å². The van der Waals surface area contributed by atoms with Crippen LogP contribution in [-0.2, 0) is 9.59 Å². The molecule has 0 aliphatic carbocycles. The van der Waals surface area contributed by atoms with Crippen LogP contribution in [0.1, 0.15) is 19.8 Å². The summed E-state index contributed by atoms with van der Waals surface area (Å²) in [7, 11) is 3.43. The van der Waals surface area contributed by atoms with Gasteiger partial charge < -0.3 is 10.0 Å². The van der Waals surface area contributed by atoms with Crippen molar-refractivity contribution in [2.24, 2.45) is 0 Å². The van der Waals surface area contributed by atoms with Crippen molar-refractivity contribution < 1.29 is 14.7 Å². The van der Waals surface area contributed by atoms with Gasteiger partial charge in [0.25, 0.3) is 0 Å². The second-order valence-corrected chi connectivity index (χ2v) is 4.86. The molecule has 1 amide bonds. The first-order valence-corrected chi connectivity index (χ1v) is 5.52. The Bertz CT molecular complexity index is 206. The summed E-state index contributed by atoms with van der Waals surface area (Å²) in [6, 6.07) is 0. The molecule has 1 N–H and O–H groups in total. The van der Waals surface area contributed by atoms with Crippen LogP contribution in [-0.4, -0.2) is 47.0 Å². The molecule has 0 heterocycles. The zero-order valence-electron chi connectivity index (χ0n) is 8.82. The molecular weight excluding hydrogens is 202 g/mol. The third-order valence-corrected chi connectivity index (χ3v) is 2.85. The first kappa shape index (κ1) is 13.3. The smallest absolute Gasteiger partial charge is 0.304 e. The molecule has 82 valence electrons. The van der Waals surface area contributed by atoms with E-state index in [2.05, 4.69) is 0 Å². The number of rotatable bonds is 6. The molecule has 1 unspecified atom stereocenters. The third-order valence-electron chi connectivity index (χ3n) is 1.68. The van der Waals surface area contributed by atoms with Crippen molar-refractivity contribution in [2.45, 2.75) is 25.0 Å². The molecule has 0 rings (SSSR count). The van der Waals surface area contributed by atoms with E-state index in [0.717, 1.165) is 0 Å². The fraction of sp³-hybridized carbons (Fsp3) is 0.778. The van der Waals surface area contributed by atoms with Crippen molar-refractivity contribution in [3.8, 4) is 0 Å². The number of aliphatic carboxylic acids is 1. The van der Waals surface area contributed by atoms with E-state index in [1.165, 1.54) is 11.8 Å². The maximum atomic E-state index is 11.1. The maximum Gasteiger partial charge on any atom is 0.304 e. The van der Waals surface area contributed by atoms with Gasteiger partial charge in [0.2, 0.25) is 5.91 Å². The highest BCUT2D eigenvalue weighted by Crippen LogP contribution is 2.15. The molecule has 14 heavy (non-hydrogen) atoms. The number of amides is 1. The van der Waals surface area contributed by atoms with Crippen LogP contribution in [0.15, 0.2) is 0 Å². The van der Waals surface area contributed by atoms with E-state index in [0.29, 0.717) is 12.2 Å². The van der Waals surface area contributed by atoms with Gasteiger partial charge in [-0.05, 0) is 0 Å². The van der Waals surface area contributed by atoms with Crippen LogP contribution in [0.5, 0.6) is 0 Å². The minimum atomic E-state index is -0.788. The fourth-order valence-electron chi connectivity index (χ4n) is 0.876. The van der Waals surface area contributed by atoms with E-state index >= 15 is 0 Å². The first-order valence-electron chi connectivity index (χ1n) is 4.47. The van der Waals surface area contributed by atoms with Crippen LogP contribution < -0.4 is 0 Å². The van der Waals surface area contributed by atoms with Crippen LogP contribution in [0.25, 0.3) is 0 Å². The third kappa shape index (κ3) is 6.77. The molecule has 0 fully saturated rings. The Balaban J connectivity index is 3.54. The van der Waals surface area contributed by atoms with E-state index in [9.17, 15) is 9.59 Å². The lowest BCUT2D eigenvalue weighted by molar-refractivity contribution is -0.136. The SMILES string of the molecule is CC(CC(=O)O)SCCC(=O)N(C)C. The minimum Gasteiger partial charge on any atom is -0.481 e. The molecule has 0 spiro atoms. The topological polar surface area (TPSA) is 57.6 Å². The molecule has 0 radical (unpaired) electrons. The van der Waals surface area contributed by atoms with Gasteiger partial charge in [-0.15, -0.1) is 0 Å². The number of thioether (sulfide) groups is 1. The highest BCUT2D eigenvalue weighted by atomic mass is 32.2. The Morgan fingerprint density at radius 1 is 1.43 bits per heavy atom. The highest BCUT2D eigenvalue weighted by molar-refractivity contribution is 7.99. The second kappa shape index (κ2) is 6.70. The minimum absolute atomic E-state index is 0.0717. The molecule has 0 saturated carbocycles. The Morgan fingerprint density at radius 2 is 2.00 bits per heavy atom. The van der Waals surface area contributed by atoms with E-state index in [-0.39, 0.29) is 17.6 Å². The normalized spacial score (nSPS) is 12.2. The predicted molar refractivity (Wildman–Crippen MR) is 57.5 cm³/mol. The van der Waals surface area contributed by atoms with Gasteiger partial charge in [0.15, 0.2) is 0 Å². The number of carbonyl (C=O) groups is 2. The summed E-state index contributed by atoms with van der Waals surface area (Å²) in [5, 5.41) is 8.56. The number of carbonyl (C=O) groups excluding carboxylic acids is 1. The lowest BCUT2D eigenvalue weighted by Crippen LogP contribution is -2.22. The van der Waals surface area contributed by atoms with Gasteiger partial charge in [-0.25, -0.2) is 0 Å². The van der Waals surface area contributed by atoms with E-state index in [4.69, 9.17) is 5.11 Å². The molecular formula is C9H17NO3S. The molecule has 0 aliphatic heterocycles. The Kier molecular flexibility index (Phi) is 6.36. The number of hydrogen-bond acceptors (Lipinski definition) is 3. The van der Waals surface area contributed by atoms with E-state index < -0.39 is 5.97 Å². The van der Waals surface area contributed by atoms with Crippen LogP contribution in [0, 0.1) is 0 Å². The van der Waals surface area contributed by atoms with Gasteiger partial charge in [0, 0.05) is 31.5 Å². The molecule has 0 bridgehead atoms. The van der Waals surface area contributed by atoms with Crippen LogP contribution in [0.2, 0.25) is 0 Å². The molecule has 0 aliphatic rings. The fourth-order valence-corrected chi connectivity index (χ4v) is 1.83. The molecule has 4 nitrogen and oxygen atoms in total. The Labute approximate surface area is 88.7 Å². The zero-order valence-corrected chi connectivity index (χ0v) is 9.63. The second-order valence-electron chi connectivity index (χ2n) is 3.32. The van der Waals surface area contributed by atoms with E-state index in [1.807, 2.05) is 6.92 Å². The summed E-state index contributed by atoms with van der Waals surface area (Å²) in [6.07, 6.45) is 0.627. The largest absolute Gasteiger partial charge is 0.481 e. The average Bonchev–Trinajstić information content (AvgIpc) is 2.02. The monoisotopic (exact) mass is 219 g/mol. The van der Waals surface area contributed by atoms with Crippen molar-refractivity contribution in [3.05, 3.63) is 0 Å². The number of nitrogens with zero attached hydrogens (tertiary/aromatic N) is 1. The first-order chi connectivity index (χ1) is 6.43. The van der Waals surface area contributed by atoms with Crippen LogP contribution >= 0.6 is 11.8 Å². The lowest BCUT2D eigenvalue weighted by atomic mass is 10.3. The zero-order chi connectivity index (χ0) is 11.1. The lowest BCUT2D eigenvalue weighted by Gasteiger charge is -2.11. The molecule has 0 saturated heterocycles. The summed E-state index contributed by atoms with van der Waals surface area (Å²) in [6.45, 7) is 1.86. The van der Waals surface area contributed by atoms with Crippen molar-refractivity contribution in [1.29, 1.82) is 0 Å². The quantitative estimate of drug-likeness (QED) is 0.725. The van der Waals surface area contributed by atoms with Gasteiger partial charge in [-0.3, -0.25) is 9.59 Å². The molecule has 0 aromatic rings. The number of hydrogen-bond donors (Lipinski definition) is 1. The summed E-state index contributed by atoms with van der Waals surface area (Å²) in [4.78, 5) is 23.0. The Morgan fingerprint density at radius 3 is 2.43 bits per heavy atom.